The monoisotopic (exact) mass is 266 g/mol. The molecule has 3 nitrogen and oxygen atoms in total. The molecule has 0 unspecified atom stereocenters. The second-order valence-electron chi connectivity index (χ2n) is 4.37. The molecule has 0 aliphatic rings. The van der Waals surface area contributed by atoms with Crippen LogP contribution in [0.3, 0.4) is 0 Å². The first-order valence-electron chi connectivity index (χ1n) is 6.59. The minimum absolute atomic E-state index is 0.164. The summed E-state index contributed by atoms with van der Waals surface area (Å²) < 4.78 is 0. The molecule has 0 radical (unpaired) electrons. The van der Waals surface area contributed by atoms with E-state index in [1.165, 1.54) is 0 Å². The maximum Gasteiger partial charge on any atom is 0.319 e. The second kappa shape index (κ2) is 7.14. The number of carbonyl (C=O) groups excluding carboxylic acids is 1. The number of carbonyl (C=O) groups is 1. The maximum atomic E-state index is 11.9. The Labute approximate surface area is 119 Å². The summed E-state index contributed by atoms with van der Waals surface area (Å²) in [4.78, 5) is 11.9. The van der Waals surface area contributed by atoms with Crippen molar-refractivity contribution in [3.63, 3.8) is 0 Å². The van der Waals surface area contributed by atoms with Crippen LogP contribution in [0.15, 0.2) is 72.9 Å². The summed E-state index contributed by atoms with van der Waals surface area (Å²) in [6.45, 7) is 1.85. The number of rotatable bonds is 4. The third-order valence-corrected chi connectivity index (χ3v) is 2.92. The number of amides is 2. The summed E-state index contributed by atoms with van der Waals surface area (Å²) in [6.07, 6.45) is 3.39. The molecule has 3 heteroatoms. The van der Waals surface area contributed by atoms with Gasteiger partial charge >= 0.3 is 6.03 Å². The SMILES string of the molecule is C/C=C/NC(=O)NC(c1ccccc1)c1ccccc1. The minimum Gasteiger partial charge on any atom is -0.327 e. The summed E-state index contributed by atoms with van der Waals surface area (Å²) in [5.74, 6) is 0. The highest BCUT2D eigenvalue weighted by Crippen LogP contribution is 2.21. The van der Waals surface area contributed by atoms with Gasteiger partial charge in [-0.15, -0.1) is 0 Å². The van der Waals surface area contributed by atoms with Crippen LogP contribution in [0.2, 0.25) is 0 Å². The topological polar surface area (TPSA) is 41.1 Å². The van der Waals surface area contributed by atoms with Crippen LogP contribution >= 0.6 is 0 Å². The third kappa shape index (κ3) is 3.72. The van der Waals surface area contributed by atoms with Gasteiger partial charge in [0, 0.05) is 6.20 Å². The minimum atomic E-state index is -0.221. The van der Waals surface area contributed by atoms with E-state index in [4.69, 9.17) is 0 Å². The molecule has 2 N–H and O–H groups in total. The van der Waals surface area contributed by atoms with E-state index in [1.54, 1.807) is 12.3 Å². The highest BCUT2D eigenvalue weighted by atomic mass is 16.2. The van der Waals surface area contributed by atoms with Gasteiger partial charge in [-0.25, -0.2) is 4.79 Å². The predicted molar refractivity (Wildman–Crippen MR) is 81.2 cm³/mol. The Morgan fingerprint density at radius 2 is 1.45 bits per heavy atom. The lowest BCUT2D eigenvalue weighted by Gasteiger charge is -2.19. The molecule has 0 bridgehead atoms. The summed E-state index contributed by atoms with van der Waals surface area (Å²) in [5, 5.41) is 5.65. The Hall–Kier alpha value is -2.55. The summed E-state index contributed by atoms with van der Waals surface area (Å²) in [7, 11) is 0. The molecule has 0 spiro atoms. The van der Waals surface area contributed by atoms with E-state index in [-0.39, 0.29) is 12.1 Å². The van der Waals surface area contributed by atoms with Gasteiger partial charge in [0.25, 0.3) is 0 Å². The van der Waals surface area contributed by atoms with Crippen molar-refractivity contribution in [1.29, 1.82) is 0 Å². The van der Waals surface area contributed by atoms with Crippen molar-refractivity contribution in [3.8, 4) is 0 Å². The van der Waals surface area contributed by atoms with E-state index >= 15 is 0 Å². The summed E-state index contributed by atoms with van der Waals surface area (Å²) in [5.41, 5.74) is 2.10. The first-order chi connectivity index (χ1) is 9.81. The van der Waals surface area contributed by atoms with Crippen LogP contribution in [0.4, 0.5) is 4.79 Å². The van der Waals surface area contributed by atoms with Crippen molar-refractivity contribution in [2.24, 2.45) is 0 Å². The lowest BCUT2D eigenvalue weighted by Crippen LogP contribution is -2.35. The largest absolute Gasteiger partial charge is 0.327 e. The van der Waals surface area contributed by atoms with Gasteiger partial charge in [-0.1, -0.05) is 66.7 Å². The highest BCUT2D eigenvalue weighted by molar-refractivity contribution is 5.76. The fourth-order valence-corrected chi connectivity index (χ4v) is 1.98. The molecule has 0 aliphatic carbocycles. The van der Waals surface area contributed by atoms with Crippen LogP contribution in [-0.4, -0.2) is 6.03 Å². The average molecular weight is 266 g/mol. The lowest BCUT2D eigenvalue weighted by molar-refractivity contribution is 0.242. The van der Waals surface area contributed by atoms with Crippen molar-refractivity contribution in [3.05, 3.63) is 84.1 Å². The van der Waals surface area contributed by atoms with Gasteiger partial charge in [0.05, 0.1) is 6.04 Å². The van der Waals surface area contributed by atoms with Crippen molar-refractivity contribution >= 4 is 6.03 Å². The quantitative estimate of drug-likeness (QED) is 0.872. The van der Waals surface area contributed by atoms with Crippen molar-refractivity contribution in [1.82, 2.24) is 10.6 Å². The molecule has 0 atom stereocenters. The van der Waals surface area contributed by atoms with E-state index in [0.29, 0.717) is 0 Å². The Morgan fingerprint density at radius 1 is 0.950 bits per heavy atom. The van der Waals surface area contributed by atoms with E-state index in [1.807, 2.05) is 67.6 Å². The molecule has 0 aliphatic heterocycles. The van der Waals surface area contributed by atoms with Crippen LogP contribution in [0, 0.1) is 0 Å². The molecule has 0 aromatic heterocycles. The van der Waals surface area contributed by atoms with Crippen LogP contribution in [0.1, 0.15) is 24.1 Å². The van der Waals surface area contributed by atoms with Crippen molar-refractivity contribution in [2.45, 2.75) is 13.0 Å². The Morgan fingerprint density at radius 3 is 1.90 bits per heavy atom. The molecule has 2 rings (SSSR count). The molecule has 0 heterocycles. The highest BCUT2D eigenvalue weighted by Gasteiger charge is 2.15. The van der Waals surface area contributed by atoms with Crippen LogP contribution < -0.4 is 10.6 Å². The van der Waals surface area contributed by atoms with E-state index < -0.39 is 0 Å². The molecular weight excluding hydrogens is 248 g/mol. The molecular formula is C17H18N2O. The smallest absolute Gasteiger partial charge is 0.319 e. The van der Waals surface area contributed by atoms with E-state index in [9.17, 15) is 4.79 Å². The second-order valence-corrected chi connectivity index (χ2v) is 4.37. The zero-order valence-electron chi connectivity index (χ0n) is 11.4. The van der Waals surface area contributed by atoms with Gasteiger partial charge in [0.2, 0.25) is 0 Å². The van der Waals surface area contributed by atoms with E-state index in [2.05, 4.69) is 10.6 Å². The average Bonchev–Trinajstić information content (AvgIpc) is 2.52. The molecule has 2 aromatic carbocycles. The van der Waals surface area contributed by atoms with Crippen molar-refractivity contribution < 1.29 is 4.79 Å². The lowest BCUT2D eigenvalue weighted by atomic mass is 9.99. The molecule has 2 aromatic rings. The van der Waals surface area contributed by atoms with Crippen molar-refractivity contribution in [2.75, 3.05) is 0 Å². The molecule has 0 saturated heterocycles. The number of benzene rings is 2. The Kier molecular flexibility index (Phi) is 4.95. The fraction of sp³-hybridized carbons (Fsp3) is 0.118. The normalized spacial score (nSPS) is 10.7. The zero-order valence-corrected chi connectivity index (χ0v) is 11.4. The first kappa shape index (κ1) is 13.9. The number of nitrogens with one attached hydrogen (secondary N) is 2. The van der Waals surface area contributed by atoms with Gasteiger partial charge in [-0.05, 0) is 18.1 Å². The van der Waals surface area contributed by atoms with Gasteiger partial charge in [0.1, 0.15) is 0 Å². The predicted octanol–water partition coefficient (Wildman–Crippen LogP) is 3.61. The van der Waals surface area contributed by atoms with E-state index in [0.717, 1.165) is 11.1 Å². The number of allylic oxidation sites excluding steroid dienone is 1. The van der Waals surface area contributed by atoms with Crippen LogP contribution in [-0.2, 0) is 0 Å². The molecule has 0 saturated carbocycles. The van der Waals surface area contributed by atoms with Gasteiger partial charge < -0.3 is 10.6 Å². The van der Waals surface area contributed by atoms with Gasteiger partial charge in [-0.3, -0.25) is 0 Å². The van der Waals surface area contributed by atoms with Gasteiger partial charge in [0.15, 0.2) is 0 Å². The molecule has 2 amide bonds. The Bertz CT molecular complexity index is 525. The number of urea groups is 1. The standard InChI is InChI=1S/C17H18N2O/c1-2-13-18-17(20)19-16(14-9-5-3-6-10-14)15-11-7-4-8-12-15/h2-13,16H,1H3,(H2,18,19,20)/b13-2+. The molecule has 102 valence electrons. The van der Waals surface area contributed by atoms with Crippen LogP contribution in [0.25, 0.3) is 0 Å². The maximum absolute atomic E-state index is 11.9. The summed E-state index contributed by atoms with van der Waals surface area (Å²) >= 11 is 0. The fourth-order valence-electron chi connectivity index (χ4n) is 1.98. The van der Waals surface area contributed by atoms with Gasteiger partial charge in [-0.2, -0.15) is 0 Å². The van der Waals surface area contributed by atoms with Crippen LogP contribution in [0.5, 0.6) is 0 Å². The zero-order chi connectivity index (χ0) is 14.2. The number of hydrogen-bond acceptors (Lipinski definition) is 1. The third-order valence-electron chi connectivity index (χ3n) is 2.92. The molecule has 20 heavy (non-hydrogen) atoms. The number of hydrogen-bond donors (Lipinski definition) is 2. The summed E-state index contributed by atoms with van der Waals surface area (Å²) in [6, 6.07) is 19.4. The first-order valence-corrected chi connectivity index (χ1v) is 6.59. The Balaban J connectivity index is 2.24. The molecule has 0 fully saturated rings.